The molecule has 0 amide bonds. The van der Waals surface area contributed by atoms with Gasteiger partial charge in [0.25, 0.3) is 0 Å². The van der Waals surface area contributed by atoms with Crippen LogP contribution in [-0.4, -0.2) is 34.4 Å². The topological polar surface area (TPSA) is 74.5 Å². The van der Waals surface area contributed by atoms with Gasteiger partial charge < -0.3 is 15.7 Å². The summed E-state index contributed by atoms with van der Waals surface area (Å²) in [5.41, 5.74) is -0.911. The number of aliphatic hydroxyl groups is 1. The first-order chi connectivity index (χ1) is 13.3. The van der Waals surface area contributed by atoms with E-state index >= 15 is 0 Å². The molecule has 0 aliphatic rings. The van der Waals surface area contributed by atoms with Gasteiger partial charge in [-0.1, -0.05) is 18.2 Å². The van der Waals surface area contributed by atoms with Gasteiger partial charge in [0.1, 0.15) is 6.10 Å². The zero-order valence-corrected chi connectivity index (χ0v) is 16.1. The van der Waals surface area contributed by atoms with Gasteiger partial charge in [-0.2, -0.15) is 18.3 Å². The summed E-state index contributed by atoms with van der Waals surface area (Å²) in [6.07, 6.45) is -3.97. The molecule has 0 fully saturated rings. The first-order valence-corrected chi connectivity index (χ1v) is 9.30. The van der Waals surface area contributed by atoms with Gasteiger partial charge in [-0.15, -0.1) is 11.3 Å². The molecule has 0 aliphatic carbocycles. The molecule has 10 heteroatoms. The third-order valence-electron chi connectivity index (χ3n) is 4.08. The molecule has 28 heavy (non-hydrogen) atoms. The Morgan fingerprint density at radius 2 is 2.07 bits per heavy atom. The van der Waals surface area contributed by atoms with E-state index in [9.17, 15) is 18.3 Å². The van der Waals surface area contributed by atoms with Crippen LogP contribution in [0.4, 0.5) is 13.2 Å². The molecule has 0 aliphatic heterocycles. The molecule has 150 valence electrons. The Bertz CT molecular complexity index is 946. The number of fused-ring (bicyclic) bond motifs is 1. The van der Waals surface area contributed by atoms with Crippen molar-refractivity contribution < 1.29 is 18.3 Å². The van der Waals surface area contributed by atoms with Gasteiger partial charge in [0.05, 0.1) is 0 Å². The van der Waals surface area contributed by atoms with Crippen LogP contribution in [0.25, 0.3) is 10.1 Å². The van der Waals surface area contributed by atoms with Crippen LogP contribution in [0, 0.1) is 0 Å². The van der Waals surface area contributed by atoms with Gasteiger partial charge in [0, 0.05) is 48.5 Å². The molecule has 0 bridgehead atoms. The lowest BCUT2D eigenvalue weighted by atomic mass is 10.2. The van der Waals surface area contributed by atoms with Crippen molar-refractivity contribution in [1.82, 2.24) is 20.4 Å². The second kappa shape index (κ2) is 8.19. The molecule has 3 N–H and O–H groups in total. The molecule has 2 heterocycles. The zero-order chi connectivity index (χ0) is 20.3. The van der Waals surface area contributed by atoms with Crippen molar-refractivity contribution >= 4 is 27.4 Å². The summed E-state index contributed by atoms with van der Waals surface area (Å²) >= 11 is 1.50. The van der Waals surface area contributed by atoms with E-state index in [1.165, 1.54) is 31.6 Å². The molecular weight excluding hydrogens is 391 g/mol. The number of halogens is 3. The van der Waals surface area contributed by atoms with Crippen molar-refractivity contribution in [3.8, 4) is 0 Å². The van der Waals surface area contributed by atoms with Crippen LogP contribution in [0.2, 0.25) is 0 Å². The molecule has 3 rings (SSSR count). The summed E-state index contributed by atoms with van der Waals surface area (Å²) in [5.74, 6) is 0.289. The first-order valence-electron chi connectivity index (χ1n) is 8.48. The van der Waals surface area contributed by atoms with E-state index in [-0.39, 0.29) is 24.6 Å². The minimum absolute atomic E-state index is 0.0167. The third kappa shape index (κ3) is 4.63. The molecule has 0 spiro atoms. The Kier molecular flexibility index (Phi) is 5.90. The lowest BCUT2D eigenvalue weighted by Gasteiger charge is -2.15. The summed E-state index contributed by atoms with van der Waals surface area (Å²) in [7, 11) is 2.95. The van der Waals surface area contributed by atoms with Gasteiger partial charge in [0.15, 0.2) is 11.7 Å². The number of rotatable bonds is 5. The number of nitrogens with one attached hydrogen (secondary N) is 2. The van der Waals surface area contributed by atoms with Crippen LogP contribution in [-0.2, 0) is 19.8 Å². The number of benzene rings is 1. The van der Waals surface area contributed by atoms with Crippen molar-refractivity contribution in [2.75, 3.05) is 13.6 Å². The van der Waals surface area contributed by atoms with E-state index in [2.05, 4.69) is 20.7 Å². The molecule has 6 nitrogen and oxygen atoms in total. The van der Waals surface area contributed by atoms with Crippen LogP contribution in [0.15, 0.2) is 41.5 Å². The quantitative estimate of drug-likeness (QED) is 0.446. The first kappa shape index (κ1) is 20.2. The lowest BCUT2D eigenvalue weighted by molar-refractivity contribution is -0.142. The minimum Gasteiger partial charge on any atom is -0.386 e. The highest BCUT2D eigenvalue weighted by molar-refractivity contribution is 7.19. The standard InChI is InChI=1S/C18H20F3N5OS/c1-22-17(23-8-12-10-26(2)25-16(12)18(19,20)21)24-9-13(27)15-7-11-5-3-4-6-14(11)28-15/h3-7,10,13,27H,8-9H2,1-2H3,(H2,22,23,24). The van der Waals surface area contributed by atoms with E-state index in [0.29, 0.717) is 0 Å². The number of hydrogen-bond acceptors (Lipinski definition) is 4. The fraction of sp³-hybridized carbons (Fsp3) is 0.333. The van der Waals surface area contributed by atoms with Gasteiger partial charge >= 0.3 is 6.18 Å². The number of aryl methyl sites for hydroxylation is 1. The van der Waals surface area contributed by atoms with Crippen LogP contribution in [0.1, 0.15) is 22.2 Å². The lowest BCUT2D eigenvalue weighted by Crippen LogP contribution is -2.39. The second-order valence-electron chi connectivity index (χ2n) is 6.18. The Morgan fingerprint density at radius 1 is 1.32 bits per heavy atom. The number of nitrogens with zero attached hydrogens (tertiary/aromatic N) is 3. The molecule has 0 radical (unpaired) electrons. The highest BCUT2D eigenvalue weighted by Crippen LogP contribution is 2.31. The average Bonchev–Trinajstić information content (AvgIpc) is 3.24. The van der Waals surface area contributed by atoms with Crippen molar-refractivity contribution in [2.45, 2.75) is 18.8 Å². The van der Waals surface area contributed by atoms with Crippen LogP contribution in [0.5, 0.6) is 0 Å². The largest absolute Gasteiger partial charge is 0.435 e. The van der Waals surface area contributed by atoms with Crippen LogP contribution < -0.4 is 10.6 Å². The molecule has 0 saturated carbocycles. The number of thiophene rings is 1. The Hall–Kier alpha value is -2.59. The normalized spacial score (nSPS) is 13.7. The molecular formula is C18H20F3N5OS. The van der Waals surface area contributed by atoms with E-state index < -0.39 is 18.0 Å². The zero-order valence-electron chi connectivity index (χ0n) is 15.3. The van der Waals surface area contributed by atoms with Gasteiger partial charge in [-0.3, -0.25) is 9.67 Å². The fourth-order valence-electron chi connectivity index (χ4n) is 2.77. The number of alkyl halides is 3. The number of aliphatic imine (C=N–C) groups is 1. The van der Waals surface area contributed by atoms with E-state index in [4.69, 9.17) is 0 Å². The highest BCUT2D eigenvalue weighted by Gasteiger charge is 2.36. The number of guanidine groups is 1. The summed E-state index contributed by atoms with van der Waals surface area (Å²) < 4.78 is 41.3. The maximum absolute atomic E-state index is 13.0. The maximum Gasteiger partial charge on any atom is 0.435 e. The van der Waals surface area contributed by atoms with Crippen molar-refractivity contribution in [3.63, 3.8) is 0 Å². The smallest absolute Gasteiger partial charge is 0.386 e. The van der Waals surface area contributed by atoms with Gasteiger partial charge in [-0.05, 0) is 17.5 Å². The monoisotopic (exact) mass is 411 g/mol. The summed E-state index contributed by atoms with van der Waals surface area (Å²) in [5, 5.41) is 20.7. The van der Waals surface area contributed by atoms with Crippen LogP contribution in [0.3, 0.4) is 0 Å². The highest BCUT2D eigenvalue weighted by atomic mass is 32.1. The van der Waals surface area contributed by atoms with Crippen molar-refractivity contribution in [2.24, 2.45) is 12.0 Å². The average molecular weight is 411 g/mol. The van der Waals surface area contributed by atoms with E-state index in [1.54, 1.807) is 0 Å². The van der Waals surface area contributed by atoms with E-state index in [1.807, 2.05) is 30.3 Å². The Labute approximate surface area is 163 Å². The summed E-state index contributed by atoms with van der Waals surface area (Å²) in [6.45, 7) is 0.0764. The maximum atomic E-state index is 13.0. The van der Waals surface area contributed by atoms with E-state index in [0.717, 1.165) is 19.6 Å². The van der Waals surface area contributed by atoms with Crippen molar-refractivity contribution in [1.29, 1.82) is 0 Å². The summed E-state index contributed by atoms with van der Waals surface area (Å²) in [6, 6.07) is 9.75. The predicted octanol–water partition coefficient (Wildman–Crippen LogP) is 3.05. The summed E-state index contributed by atoms with van der Waals surface area (Å²) in [4.78, 5) is 4.79. The Balaban J connectivity index is 1.59. The van der Waals surface area contributed by atoms with Crippen molar-refractivity contribution in [3.05, 3.63) is 52.7 Å². The molecule has 1 atom stereocenters. The fourth-order valence-corrected chi connectivity index (χ4v) is 3.82. The van der Waals surface area contributed by atoms with Gasteiger partial charge in [-0.25, -0.2) is 0 Å². The second-order valence-corrected chi connectivity index (χ2v) is 7.30. The molecule has 1 unspecified atom stereocenters. The molecule has 1 aromatic carbocycles. The Morgan fingerprint density at radius 3 is 2.75 bits per heavy atom. The molecule has 0 saturated heterocycles. The minimum atomic E-state index is -4.52. The molecule has 2 aromatic heterocycles. The third-order valence-corrected chi connectivity index (χ3v) is 5.30. The number of hydrogen-bond donors (Lipinski definition) is 3. The van der Waals surface area contributed by atoms with Crippen LogP contribution >= 0.6 is 11.3 Å². The number of aromatic nitrogens is 2. The predicted molar refractivity (Wildman–Crippen MR) is 103 cm³/mol. The van der Waals surface area contributed by atoms with Gasteiger partial charge in [0.2, 0.25) is 0 Å². The number of aliphatic hydroxyl groups excluding tert-OH is 1. The molecule has 3 aromatic rings. The SMILES string of the molecule is CN=C(NCc1cn(C)nc1C(F)(F)F)NCC(O)c1cc2ccccc2s1.